The summed E-state index contributed by atoms with van der Waals surface area (Å²) in [6.07, 6.45) is 0. The van der Waals surface area contributed by atoms with Crippen molar-refractivity contribution in [3.8, 4) is 6.07 Å². The summed E-state index contributed by atoms with van der Waals surface area (Å²) >= 11 is 1.29. The van der Waals surface area contributed by atoms with Gasteiger partial charge in [0, 0.05) is 33.2 Å². The molecule has 0 radical (unpaired) electrons. The van der Waals surface area contributed by atoms with Gasteiger partial charge in [0.15, 0.2) is 0 Å². The molecule has 18 heavy (non-hydrogen) atoms. The number of thiophene rings is 1. The Morgan fingerprint density at radius 2 is 2.22 bits per heavy atom. The molecule has 0 atom stereocenters. The summed E-state index contributed by atoms with van der Waals surface area (Å²) in [6, 6.07) is 2.10. The molecule has 96 valence electrons. The van der Waals surface area contributed by atoms with Crippen LogP contribution in [0.25, 0.3) is 0 Å². The average Bonchev–Trinajstić information content (AvgIpc) is 2.76. The van der Waals surface area contributed by atoms with E-state index in [2.05, 4.69) is 21.6 Å². The van der Waals surface area contributed by atoms with E-state index in [0.717, 1.165) is 31.2 Å². The normalized spacial score (nSPS) is 15.2. The SMILES string of the molecule is CNC(=O)c1sc(N2CCNCC2)c(C#N)c1N. The van der Waals surface area contributed by atoms with Crippen molar-refractivity contribution in [3.05, 3.63) is 10.4 Å². The molecule has 0 aromatic carbocycles. The number of carbonyl (C=O) groups excluding carboxylic acids is 1. The Hall–Kier alpha value is -1.78. The lowest BCUT2D eigenvalue weighted by Crippen LogP contribution is -2.43. The molecule has 0 spiro atoms. The Kier molecular flexibility index (Phi) is 3.69. The zero-order valence-electron chi connectivity index (χ0n) is 10.1. The van der Waals surface area contributed by atoms with Crippen molar-refractivity contribution >= 4 is 27.9 Å². The van der Waals surface area contributed by atoms with Gasteiger partial charge < -0.3 is 21.3 Å². The molecule has 0 unspecified atom stereocenters. The van der Waals surface area contributed by atoms with Gasteiger partial charge in [-0.25, -0.2) is 0 Å². The molecular formula is C11H15N5OS. The molecule has 7 heteroatoms. The number of amides is 1. The number of hydrogen-bond donors (Lipinski definition) is 3. The van der Waals surface area contributed by atoms with E-state index in [-0.39, 0.29) is 11.6 Å². The summed E-state index contributed by atoms with van der Waals surface area (Å²) in [4.78, 5) is 14.2. The summed E-state index contributed by atoms with van der Waals surface area (Å²) in [5, 5.41) is 15.8. The number of nitrogens with zero attached hydrogens (tertiary/aromatic N) is 2. The smallest absolute Gasteiger partial charge is 0.263 e. The first-order valence-electron chi connectivity index (χ1n) is 5.69. The number of nitrogens with one attached hydrogen (secondary N) is 2. The molecule has 4 N–H and O–H groups in total. The summed E-state index contributed by atoms with van der Waals surface area (Å²) in [7, 11) is 1.55. The van der Waals surface area contributed by atoms with Crippen LogP contribution in [0.1, 0.15) is 15.2 Å². The molecule has 2 rings (SSSR count). The maximum Gasteiger partial charge on any atom is 0.263 e. The molecule has 1 fully saturated rings. The van der Waals surface area contributed by atoms with Crippen molar-refractivity contribution in [2.75, 3.05) is 43.9 Å². The molecule has 1 aliphatic rings. The van der Waals surface area contributed by atoms with Crippen LogP contribution in [0.15, 0.2) is 0 Å². The largest absolute Gasteiger partial charge is 0.396 e. The highest BCUT2D eigenvalue weighted by Gasteiger charge is 2.24. The van der Waals surface area contributed by atoms with Gasteiger partial charge in [0.25, 0.3) is 5.91 Å². The number of piperazine rings is 1. The van der Waals surface area contributed by atoms with Gasteiger partial charge >= 0.3 is 0 Å². The van der Waals surface area contributed by atoms with Crippen molar-refractivity contribution in [1.82, 2.24) is 10.6 Å². The number of carbonyl (C=O) groups is 1. The van der Waals surface area contributed by atoms with Crippen LogP contribution in [0, 0.1) is 11.3 Å². The van der Waals surface area contributed by atoms with Crippen LogP contribution in [-0.4, -0.2) is 39.1 Å². The van der Waals surface area contributed by atoms with Crippen LogP contribution < -0.4 is 21.3 Å². The average molecular weight is 265 g/mol. The predicted molar refractivity (Wildman–Crippen MR) is 71.9 cm³/mol. The van der Waals surface area contributed by atoms with Crippen LogP contribution >= 0.6 is 11.3 Å². The predicted octanol–water partition coefficient (Wildman–Crippen LogP) is -0.0288. The van der Waals surface area contributed by atoms with Gasteiger partial charge in [-0.05, 0) is 0 Å². The molecule has 6 nitrogen and oxygen atoms in total. The summed E-state index contributed by atoms with van der Waals surface area (Å²) in [5.41, 5.74) is 6.59. The van der Waals surface area contributed by atoms with E-state index < -0.39 is 0 Å². The Balaban J connectivity index is 2.40. The zero-order chi connectivity index (χ0) is 13.1. The van der Waals surface area contributed by atoms with E-state index >= 15 is 0 Å². The number of hydrogen-bond acceptors (Lipinski definition) is 6. The van der Waals surface area contributed by atoms with E-state index in [0.29, 0.717) is 10.4 Å². The lowest BCUT2D eigenvalue weighted by molar-refractivity contribution is 0.0968. The first-order chi connectivity index (χ1) is 8.69. The van der Waals surface area contributed by atoms with Crippen molar-refractivity contribution in [2.24, 2.45) is 0 Å². The van der Waals surface area contributed by atoms with Crippen molar-refractivity contribution in [3.63, 3.8) is 0 Å². The van der Waals surface area contributed by atoms with E-state index in [1.807, 2.05) is 0 Å². The fourth-order valence-corrected chi connectivity index (χ4v) is 3.08. The van der Waals surface area contributed by atoms with Gasteiger partial charge in [0.2, 0.25) is 0 Å². The number of anilines is 2. The molecule has 1 aromatic rings. The van der Waals surface area contributed by atoms with E-state index in [9.17, 15) is 10.1 Å². The van der Waals surface area contributed by atoms with Crippen LogP contribution in [0.5, 0.6) is 0 Å². The lowest BCUT2D eigenvalue weighted by Gasteiger charge is -2.28. The van der Waals surface area contributed by atoms with E-state index in [1.54, 1.807) is 7.05 Å². The van der Waals surface area contributed by atoms with Crippen LogP contribution in [0.4, 0.5) is 10.7 Å². The van der Waals surface area contributed by atoms with Gasteiger partial charge in [-0.2, -0.15) is 5.26 Å². The van der Waals surface area contributed by atoms with Crippen LogP contribution in [-0.2, 0) is 0 Å². The quantitative estimate of drug-likeness (QED) is 0.698. The third kappa shape index (κ3) is 2.12. The van der Waals surface area contributed by atoms with Crippen molar-refractivity contribution in [2.45, 2.75) is 0 Å². The van der Waals surface area contributed by atoms with Crippen LogP contribution in [0.3, 0.4) is 0 Å². The summed E-state index contributed by atoms with van der Waals surface area (Å²) in [6.45, 7) is 3.39. The molecule has 1 aliphatic heterocycles. The highest BCUT2D eigenvalue weighted by Crippen LogP contribution is 2.37. The summed E-state index contributed by atoms with van der Waals surface area (Å²) < 4.78 is 0. The Labute approximate surface area is 109 Å². The molecule has 2 heterocycles. The summed E-state index contributed by atoms with van der Waals surface area (Å²) in [5.74, 6) is -0.240. The van der Waals surface area contributed by atoms with Crippen LogP contribution in [0.2, 0.25) is 0 Å². The van der Waals surface area contributed by atoms with Gasteiger partial charge in [0.1, 0.15) is 21.5 Å². The number of nitrogen functional groups attached to an aromatic ring is 1. The minimum Gasteiger partial charge on any atom is -0.396 e. The maximum atomic E-state index is 11.7. The number of nitrogens with two attached hydrogens (primary N) is 1. The Bertz CT molecular complexity index is 498. The minimum atomic E-state index is -0.240. The molecule has 1 amide bonds. The van der Waals surface area contributed by atoms with Gasteiger partial charge in [0.05, 0.1) is 5.69 Å². The standard InChI is InChI=1S/C11H15N5OS/c1-14-10(17)9-8(13)7(6-12)11(18-9)16-4-2-15-3-5-16/h15H,2-5,13H2,1H3,(H,14,17). The second kappa shape index (κ2) is 5.25. The molecule has 1 saturated heterocycles. The second-order valence-electron chi connectivity index (χ2n) is 3.95. The molecule has 0 aliphatic carbocycles. The van der Waals surface area contributed by atoms with Crippen molar-refractivity contribution < 1.29 is 4.79 Å². The fourth-order valence-electron chi connectivity index (χ4n) is 1.91. The monoisotopic (exact) mass is 265 g/mol. The first kappa shape index (κ1) is 12.7. The third-order valence-electron chi connectivity index (χ3n) is 2.88. The fraction of sp³-hybridized carbons (Fsp3) is 0.455. The number of rotatable bonds is 2. The lowest BCUT2D eigenvalue weighted by atomic mass is 10.2. The van der Waals surface area contributed by atoms with Gasteiger partial charge in [-0.3, -0.25) is 4.79 Å². The highest BCUT2D eigenvalue weighted by molar-refractivity contribution is 7.19. The molecular weight excluding hydrogens is 250 g/mol. The van der Waals surface area contributed by atoms with Crippen molar-refractivity contribution in [1.29, 1.82) is 5.26 Å². The first-order valence-corrected chi connectivity index (χ1v) is 6.50. The minimum absolute atomic E-state index is 0.240. The second-order valence-corrected chi connectivity index (χ2v) is 4.95. The number of nitriles is 1. The Morgan fingerprint density at radius 1 is 1.56 bits per heavy atom. The highest BCUT2D eigenvalue weighted by atomic mass is 32.1. The maximum absolute atomic E-state index is 11.7. The topological polar surface area (TPSA) is 94.2 Å². The third-order valence-corrected chi connectivity index (χ3v) is 4.14. The zero-order valence-corrected chi connectivity index (χ0v) is 10.9. The van der Waals surface area contributed by atoms with E-state index in [1.165, 1.54) is 11.3 Å². The van der Waals surface area contributed by atoms with Gasteiger partial charge in [-0.15, -0.1) is 11.3 Å². The Morgan fingerprint density at radius 3 is 2.78 bits per heavy atom. The van der Waals surface area contributed by atoms with E-state index in [4.69, 9.17) is 5.73 Å². The van der Waals surface area contributed by atoms with Gasteiger partial charge in [-0.1, -0.05) is 0 Å². The molecule has 1 aromatic heterocycles. The molecule has 0 saturated carbocycles. The molecule has 0 bridgehead atoms.